The van der Waals surface area contributed by atoms with Crippen molar-refractivity contribution in [2.24, 2.45) is 5.92 Å². The molecule has 0 N–H and O–H groups in total. The number of aromatic nitrogens is 2. The molecule has 1 heterocycles. The third-order valence-electron chi connectivity index (χ3n) is 6.32. The maximum atomic E-state index is 12.5. The van der Waals surface area contributed by atoms with Gasteiger partial charge in [0.1, 0.15) is 5.75 Å². The van der Waals surface area contributed by atoms with Crippen LogP contribution in [0.2, 0.25) is 0 Å². The minimum atomic E-state index is -0.349. The first-order valence-corrected chi connectivity index (χ1v) is 12.8. The van der Waals surface area contributed by atoms with Gasteiger partial charge in [-0.25, -0.2) is 14.8 Å². The van der Waals surface area contributed by atoms with Crippen molar-refractivity contribution in [3.05, 3.63) is 77.6 Å². The van der Waals surface area contributed by atoms with Crippen LogP contribution in [0.4, 0.5) is 0 Å². The smallest absolute Gasteiger partial charge is 0.343 e. The van der Waals surface area contributed by atoms with Gasteiger partial charge in [-0.1, -0.05) is 71.4 Å². The molecular formula is C30H38N2O2. The van der Waals surface area contributed by atoms with Gasteiger partial charge in [-0.15, -0.1) is 0 Å². The Labute approximate surface area is 204 Å². The number of aryl methyl sites for hydroxylation is 1. The lowest BCUT2D eigenvalue weighted by molar-refractivity contribution is 0.0735. The molecule has 2 aromatic carbocycles. The highest BCUT2D eigenvalue weighted by Crippen LogP contribution is 2.21. The molecule has 1 aromatic heterocycles. The van der Waals surface area contributed by atoms with E-state index in [1.807, 2.05) is 48.8 Å². The Bertz CT molecular complexity index is 995. The van der Waals surface area contributed by atoms with Crippen molar-refractivity contribution in [2.45, 2.75) is 78.6 Å². The maximum absolute atomic E-state index is 12.5. The number of nitrogens with zero attached hydrogens (tertiary/aromatic N) is 2. The number of carbonyl (C=O) groups is 1. The summed E-state index contributed by atoms with van der Waals surface area (Å²) in [4.78, 5) is 21.6. The number of esters is 1. The highest BCUT2D eigenvalue weighted by Gasteiger charge is 2.10. The van der Waals surface area contributed by atoms with Crippen LogP contribution in [0, 0.1) is 5.92 Å². The summed E-state index contributed by atoms with van der Waals surface area (Å²) in [6.07, 6.45) is 14.8. The van der Waals surface area contributed by atoms with Crippen molar-refractivity contribution in [3.8, 4) is 17.1 Å². The number of hydrogen-bond acceptors (Lipinski definition) is 4. The predicted octanol–water partition coefficient (Wildman–Crippen LogP) is 7.85. The second-order valence-corrected chi connectivity index (χ2v) is 9.26. The standard InChI is InChI=1S/C30H38N2O2/c1-4-6-7-8-9-10-11-25-21-31-29(32-22-25)26-16-18-28(19-17-26)34-30(33)27-14-12-24(13-15-27)20-23(3)5-2/h12-19,21-23H,4-11,20H2,1-3H3. The minimum Gasteiger partial charge on any atom is -0.423 e. The quantitative estimate of drug-likeness (QED) is 0.149. The second kappa shape index (κ2) is 13.6. The third-order valence-corrected chi connectivity index (χ3v) is 6.32. The van der Waals surface area contributed by atoms with Gasteiger partial charge in [0.25, 0.3) is 0 Å². The molecule has 0 aliphatic rings. The molecule has 1 unspecified atom stereocenters. The summed E-state index contributed by atoms with van der Waals surface area (Å²) in [5.74, 6) is 1.48. The third kappa shape index (κ3) is 8.09. The SMILES string of the molecule is CCCCCCCCc1cnc(-c2ccc(OC(=O)c3ccc(CC(C)CC)cc3)cc2)nc1. The Morgan fingerprint density at radius 1 is 0.824 bits per heavy atom. The Hall–Kier alpha value is -3.01. The Morgan fingerprint density at radius 3 is 2.12 bits per heavy atom. The zero-order valence-electron chi connectivity index (χ0n) is 20.9. The van der Waals surface area contributed by atoms with Crippen LogP contribution < -0.4 is 4.74 Å². The summed E-state index contributed by atoms with van der Waals surface area (Å²) in [5, 5.41) is 0. The van der Waals surface area contributed by atoms with Gasteiger partial charge >= 0.3 is 5.97 Å². The van der Waals surface area contributed by atoms with Gasteiger partial charge < -0.3 is 4.74 Å². The average Bonchev–Trinajstić information content (AvgIpc) is 2.87. The molecule has 0 aliphatic carbocycles. The van der Waals surface area contributed by atoms with Gasteiger partial charge in [0.05, 0.1) is 5.56 Å². The highest BCUT2D eigenvalue weighted by molar-refractivity contribution is 5.91. The zero-order chi connectivity index (χ0) is 24.2. The van der Waals surface area contributed by atoms with Crippen molar-refractivity contribution in [3.63, 3.8) is 0 Å². The number of hydrogen-bond donors (Lipinski definition) is 0. The topological polar surface area (TPSA) is 52.1 Å². The fraction of sp³-hybridized carbons (Fsp3) is 0.433. The molecule has 4 nitrogen and oxygen atoms in total. The number of ether oxygens (including phenoxy) is 1. The van der Waals surface area contributed by atoms with E-state index in [2.05, 4.69) is 30.7 Å². The number of benzene rings is 2. The Balaban J connectivity index is 1.50. The number of carbonyl (C=O) groups excluding carboxylic acids is 1. The summed E-state index contributed by atoms with van der Waals surface area (Å²) in [6, 6.07) is 15.1. The van der Waals surface area contributed by atoms with Crippen LogP contribution in [0.25, 0.3) is 11.4 Å². The molecule has 0 aliphatic heterocycles. The van der Waals surface area contributed by atoms with E-state index in [0.29, 0.717) is 23.1 Å². The molecule has 0 radical (unpaired) electrons. The Kier molecular flexibility index (Phi) is 10.3. The first-order chi connectivity index (χ1) is 16.6. The molecule has 1 atom stereocenters. The summed E-state index contributed by atoms with van der Waals surface area (Å²) in [6.45, 7) is 6.68. The fourth-order valence-corrected chi connectivity index (χ4v) is 3.90. The van der Waals surface area contributed by atoms with Crippen LogP contribution in [0.15, 0.2) is 60.9 Å². The molecule has 34 heavy (non-hydrogen) atoms. The van der Waals surface area contributed by atoms with Crippen molar-refractivity contribution >= 4 is 5.97 Å². The zero-order valence-corrected chi connectivity index (χ0v) is 20.9. The van der Waals surface area contributed by atoms with E-state index in [-0.39, 0.29) is 5.97 Å². The van der Waals surface area contributed by atoms with E-state index >= 15 is 0 Å². The molecule has 0 amide bonds. The molecule has 0 bridgehead atoms. The van der Waals surface area contributed by atoms with Crippen LogP contribution in [0.1, 0.15) is 87.2 Å². The maximum Gasteiger partial charge on any atom is 0.343 e. The lowest BCUT2D eigenvalue weighted by Crippen LogP contribution is -2.08. The monoisotopic (exact) mass is 458 g/mol. The van der Waals surface area contributed by atoms with Gasteiger partial charge in [-0.05, 0) is 72.7 Å². The van der Waals surface area contributed by atoms with Crippen LogP contribution >= 0.6 is 0 Å². The van der Waals surface area contributed by atoms with Crippen molar-refractivity contribution < 1.29 is 9.53 Å². The highest BCUT2D eigenvalue weighted by atomic mass is 16.5. The lowest BCUT2D eigenvalue weighted by Gasteiger charge is -2.09. The molecule has 0 fully saturated rings. The molecule has 3 rings (SSSR count). The summed E-state index contributed by atoms with van der Waals surface area (Å²) >= 11 is 0. The lowest BCUT2D eigenvalue weighted by atomic mass is 9.98. The van der Waals surface area contributed by atoms with Crippen LogP contribution in [-0.4, -0.2) is 15.9 Å². The average molecular weight is 459 g/mol. The van der Waals surface area contributed by atoms with E-state index in [1.165, 1.54) is 49.7 Å². The normalized spacial score (nSPS) is 11.9. The van der Waals surface area contributed by atoms with E-state index < -0.39 is 0 Å². The van der Waals surface area contributed by atoms with E-state index in [0.717, 1.165) is 24.8 Å². The van der Waals surface area contributed by atoms with E-state index in [1.54, 1.807) is 12.1 Å². The van der Waals surface area contributed by atoms with Gasteiger partial charge in [-0.3, -0.25) is 0 Å². The molecular weight excluding hydrogens is 420 g/mol. The molecule has 0 saturated carbocycles. The van der Waals surface area contributed by atoms with Gasteiger partial charge in [0.15, 0.2) is 5.82 Å². The second-order valence-electron chi connectivity index (χ2n) is 9.26. The van der Waals surface area contributed by atoms with Crippen molar-refractivity contribution in [1.29, 1.82) is 0 Å². The Morgan fingerprint density at radius 2 is 1.47 bits per heavy atom. The first kappa shape index (κ1) is 25.6. The summed E-state index contributed by atoms with van der Waals surface area (Å²) in [7, 11) is 0. The molecule has 4 heteroatoms. The van der Waals surface area contributed by atoms with Gasteiger partial charge in [-0.2, -0.15) is 0 Å². The minimum absolute atomic E-state index is 0.349. The first-order valence-electron chi connectivity index (χ1n) is 12.8. The van der Waals surface area contributed by atoms with Gasteiger partial charge in [0, 0.05) is 18.0 Å². The fourth-order valence-electron chi connectivity index (χ4n) is 3.90. The van der Waals surface area contributed by atoms with Crippen molar-refractivity contribution in [2.75, 3.05) is 0 Å². The number of rotatable bonds is 13. The van der Waals surface area contributed by atoms with E-state index in [9.17, 15) is 4.79 Å². The largest absolute Gasteiger partial charge is 0.423 e. The van der Waals surface area contributed by atoms with Gasteiger partial charge in [0.2, 0.25) is 0 Å². The van der Waals surface area contributed by atoms with Crippen LogP contribution in [-0.2, 0) is 12.8 Å². The van der Waals surface area contributed by atoms with E-state index in [4.69, 9.17) is 4.74 Å². The summed E-state index contributed by atoms with van der Waals surface area (Å²) in [5.41, 5.74) is 3.88. The molecule has 0 spiro atoms. The molecule has 0 saturated heterocycles. The van der Waals surface area contributed by atoms with Crippen LogP contribution in [0.3, 0.4) is 0 Å². The predicted molar refractivity (Wildman–Crippen MR) is 139 cm³/mol. The molecule has 3 aromatic rings. The molecule has 180 valence electrons. The summed E-state index contributed by atoms with van der Waals surface area (Å²) < 4.78 is 5.55. The number of unbranched alkanes of at least 4 members (excludes halogenated alkanes) is 5. The van der Waals surface area contributed by atoms with Crippen LogP contribution in [0.5, 0.6) is 5.75 Å². The van der Waals surface area contributed by atoms with Crippen molar-refractivity contribution in [1.82, 2.24) is 9.97 Å².